The first kappa shape index (κ1) is 20.7. The molecule has 1 aliphatic rings. The van der Waals surface area contributed by atoms with E-state index >= 15 is 0 Å². The summed E-state index contributed by atoms with van der Waals surface area (Å²) in [6, 6.07) is 17.2. The topological polar surface area (TPSA) is 63.6 Å². The highest BCUT2D eigenvalue weighted by Gasteiger charge is 2.33. The zero-order valence-electron chi connectivity index (χ0n) is 18.1. The van der Waals surface area contributed by atoms with Crippen molar-refractivity contribution in [3.63, 3.8) is 0 Å². The number of aryl methyl sites for hydroxylation is 2. The SMILES string of the molecule is COc1cccc(C2c3cccn3CCN2C(=O)CC(=O)Nc2ccc(C)c(C)c2)c1. The van der Waals surface area contributed by atoms with E-state index in [0.29, 0.717) is 18.8 Å². The number of anilines is 1. The van der Waals surface area contributed by atoms with Crippen molar-refractivity contribution in [3.8, 4) is 5.75 Å². The van der Waals surface area contributed by atoms with Gasteiger partial charge in [-0.25, -0.2) is 0 Å². The van der Waals surface area contributed by atoms with Gasteiger partial charge in [0.25, 0.3) is 0 Å². The standard InChI is InChI=1S/C25H27N3O3/c1-17-9-10-20(14-18(17)2)26-23(29)16-24(30)28-13-12-27-11-5-8-22(27)25(28)19-6-4-7-21(15-19)31-3/h4-11,14-15,25H,12-13,16H2,1-3H3,(H,26,29). The van der Waals surface area contributed by atoms with Crippen LogP contribution in [0, 0.1) is 13.8 Å². The number of rotatable bonds is 5. The van der Waals surface area contributed by atoms with Gasteiger partial charge in [0.2, 0.25) is 11.8 Å². The van der Waals surface area contributed by atoms with Gasteiger partial charge in [0.15, 0.2) is 0 Å². The fourth-order valence-electron chi connectivity index (χ4n) is 4.08. The van der Waals surface area contributed by atoms with Gasteiger partial charge in [-0.05, 0) is 66.9 Å². The van der Waals surface area contributed by atoms with Gasteiger partial charge in [0.1, 0.15) is 12.2 Å². The van der Waals surface area contributed by atoms with Crippen molar-refractivity contribution >= 4 is 17.5 Å². The lowest BCUT2D eigenvalue weighted by atomic mass is 9.99. The molecule has 1 aliphatic heterocycles. The summed E-state index contributed by atoms with van der Waals surface area (Å²) in [5.41, 5.74) is 4.95. The molecule has 0 bridgehead atoms. The van der Waals surface area contributed by atoms with Gasteiger partial charge in [0, 0.05) is 30.7 Å². The van der Waals surface area contributed by atoms with Crippen molar-refractivity contribution < 1.29 is 14.3 Å². The average Bonchev–Trinajstić information content (AvgIpc) is 3.24. The Morgan fingerprint density at radius 1 is 1.03 bits per heavy atom. The van der Waals surface area contributed by atoms with E-state index in [1.807, 2.05) is 74.6 Å². The number of nitrogens with zero attached hydrogens (tertiary/aromatic N) is 2. The number of fused-ring (bicyclic) bond motifs is 1. The van der Waals surface area contributed by atoms with Crippen LogP contribution in [0.1, 0.15) is 34.8 Å². The minimum absolute atomic E-state index is 0.193. The molecule has 0 aliphatic carbocycles. The summed E-state index contributed by atoms with van der Waals surface area (Å²) in [4.78, 5) is 27.6. The van der Waals surface area contributed by atoms with Crippen molar-refractivity contribution in [2.24, 2.45) is 0 Å². The average molecular weight is 418 g/mol. The van der Waals surface area contributed by atoms with E-state index in [9.17, 15) is 9.59 Å². The second-order valence-electron chi connectivity index (χ2n) is 7.92. The van der Waals surface area contributed by atoms with Crippen LogP contribution in [0.4, 0.5) is 5.69 Å². The number of aromatic nitrogens is 1. The normalized spacial score (nSPS) is 15.3. The van der Waals surface area contributed by atoms with E-state index in [1.165, 1.54) is 0 Å². The highest BCUT2D eigenvalue weighted by molar-refractivity contribution is 6.03. The molecule has 31 heavy (non-hydrogen) atoms. The zero-order chi connectivity index (χ0) is 22.0. The monoisotopic (exact) mass is 417 g/mol. The van der Waals surface area contributed by atoms with E-state index in [2.05, 4.69) is 9.88 Å². The third-order valence-corrected chi connectivity index (χ3v) is 5.87. The Balaban J connectivity index is 1.55. The highest BCUT2D eigenvalue weighted by atomic mass is 16.5. The van der Waals surface area contributed by atoms with Crippen LogP contribution in [0.5, 0.6) is 5.75 Å². The van der Waals surface area contributed by atoms with Crippen LogP contribution in [-0.2, 0) is 16.1 Å². The zero-order valence-corrected chi connectivity index (χ0v) is 18.1. The number of amides is 2. The Kier molecular flexibility index (Phi) is 5.80. The quantitative estimate of drug-likeness (QED) is 0.637. The van der Waals surface area contributed by atoms with Crippen molar-refractivity contribution in [2.75, 3.05) is 19.0 Å². The number of benzene rings is 2. The fraction of sp³-hybridized carbons (Fsp3) is 0.280. The molecule has 4 rings (SSSR count). The number of hydrogen-bond donors (Lipinski definition) is 1. The summed E-state index contributed by atoms with van der Waals surface area (Å²) in [5.74, 6) is 0.237. The van der Waals surface area contributed by atoms with E-state index in [-0.39, 0.29) is 24.3 Å². The summed E-state index contributed by atoms with van der Waals surface area (Å²) < 4.78 is 7.54. The maximum Gasteiger partial charge on any atom is 0.233 e. The predicted molar refractivity (Wildman–Crippen MR) is 120 cm³/mol. The Bertz CT molecular complexity index is 1120. The van der Waals surface area contributed by atoms with Crippen LogP contribution in [0.25, 0.3) is 0 Å². The van der Waals surface area contributed by atoms with Gasteiger partial charge in [-0.15, -0.1) is 0 Å². The summed E-state index contributed by atoms with van der Waals surface area (Å²) in [5, 5.41) is 2.86. The summed E-state index contributed by atoms with van der Waals surface area (Å²) in [6.07, 6.45) is 1.82. The smallest absolute Gasteiger partial charge is 0.233 e. The second kappa shape index (κ2) is 8.68. The van der Waals surface area contributed by atoms with Gasteiger partial charge in [-0.1, -0.05) is 18.2 Å². The first-order chi connectivity index (χ1) is 15.0. The van der Waals surface area contributed by atoms with Crippen LogP contribution in [0.3, 0.4) is 0 Å². The van der Waals surface area contributed by atoms with Crippen LogP contribution in [0.15, 0.2) is 60.8 Å². The van der Waals surface area contributed by atoms with Crippen molar-refractivity contribution in [1.82, 2.24) is 9.47 Å². The van der Waals surface area contributed by atoms with Crippen LogP contribution >= 0.6 is 0 Å². The molecule has 1 N–H and O–H groups in total. The van der Waals surface area contributed by atoms with Crippen LogP contribution < -0.4 is 10.1 Å². The minimum Gasteiger partial charge on any atom is -0.497 e. The molecule has 160 valence electrons. The number of carbonyl (C=O) groups excluding carboxylic acids is 2. The van der Waals surface area contributed by atoms with E-state index in [0.717, 1.165) is 28.1 Å². The first-order valence-electron chi connectivity index (χ1n) is 10.4. The number of ether oxygens (including phenoxy) is 1. The van der Waals surface area contributed by atoms with Gasteiger partial charge in [-0.3, -0.25) is 9.59 Å². The van der Waals surface area contributed by atoms with Gasteiger partial charge >= 0.3 is 0 Å². The lowest BCUT2D eigenvalue weighted by molar-refractivity contribution is -0.136. The first-order valence-corrected chi connectivity index (χ1v) is 10.4. The molecule has 1 unspecified atom stereocenters. The van der Waals surface area contributed by atoms with E-state index in [4.69, 9.17) is 4.74 Å². The molecular formula is C25H27N3O3. The maximum atomic E-state index is 13.2. The molecule has 2 amide bonds. The highest BCUT2D eigenvalue weighted by Crippen LogP contribution is 2.34. The van der Waals surface area contributed by atoms with Crippen molar-refractivity contribution in [1.29, 1.82) is 0 Å². The van der Waals surface area contributed by atoms with Gasteiger partial charge in [0.05, 0.1) is 13.2 Å². The Hall–Kier alpha value is -3.54. The molecule has 6 nitrogen and oxygen atoms in total. The van der Waals surface area contributed by atoms with Crippen LogP contribution in [0.2, 0.25) is 0 Å². The number of nitrogens with one attached hydrogen (secondary N) is 1. The number of hydrogen-bond acceptors (Lipinski definition) is 3. The summed E-state index contributed by atoms with van der Waals surface area (Å²) in [7, 11) is 1.63. The molecule has 6 heteroatoms. The van der Waals surface area contributed by atoms with E-state index in [1.54, 1.807) is 12.0 Å². The number of carbonyl (C=O) groups is 2. The van der Waals surface area contributed by atoms with Crippen molar-refractivity contribution in [3.05, 3.63) is 83.2 Å². The Morgan fingerprint density at radius 3 is 2.65 bits per heavy atom. The largest absolute Gasteiger partial charge is 0.497 e. The van der Waals surface area contributed by atoms with Gasteiger partial charge < -0.3 is 19.5 Å². The molecule has 1 atom stereocenters. The summed E-state index contributed by atoms with van der Waals surface area (Å²) >= 11 is 0. The Labute approximate surface area is 182 Å². The molecule has 0 fully saturated rings. The van der Waals surface area contributed by atoms with Crippen LogP contribution in [-0.4, -0.2) is 34.9 Å². The molecular weight excluding hydrogens is 390 g/mol. The molecule has 2 heterocycles. The molecule has 2 aromatic carbocycles. The molecule has 0 saturated heterocycles. The summed E-state index contributed by atoms with van der Waals surface area (Å²) in [6.45, 7) is 5.26. The molecule has 0 spiro atoms. The third kappa shape index (κ3) is 4.33. The minimum atomic E-state index is -0.307. The fourth-order valence-corrected chi connectivity index (χ4v) is 4.08. The van der Waals surface area contributed by atoms with Gasteiger partial charge in [-0.2, -0.15) is 0 Å². The lowest BCUT2D eigenvalue weighted by Gasteiger charge is -2.37. The molecule has 0 saturated carbocycles. The van der Waals surface area contributed by atoms with Crippen molar-refractivity contribution in [2.45, 2.75) is 32.9 Å². The Morgan fingerprint density at radius 2 is 1.87 bits per heavy atom. The maximum absolute atomic E-state index is 13.2. The molecule has 0 radical (unpaired) electrons. The van der Waals surface area contributed by atoms with E-state index < -0.39 is 0 Å². The third-order valence-electron chi connectivity index (χ3n) is 5.87. The second-order valence-corrected chi connectivity index (χ2v) is 7.92. The molecule has 1 aromatic heterocycles. The lowest BCUT2D eigenvalue weighted by Crippen LogP contribution is -2.43. The number of methoxy groups -OCH3 is 1. The molecule has 3 aromatic rings. The predicted octanol–water partition coefficient (Wildman–Crippen LogP) is 4.07.